The Morgan fingerprint density at radius 1 is 1.06 bits per heavy atom. The van der Waals surface area contributed by atoms with Gasteiger partial charge in [0.15, 0.2) is 0 Å². The van der Waals surface area contributed by atoms with Gasteiger partial charge in [-0.2, -0.15) is 5.10 Å². The number of pyridine rings is 1. The molecule has 0 atom stereocenters. The highest BCUT2D eigenvalue weighted by atomic mass is 19.1. The van der Waals surface area contributed by atoms with E-state index in [-0.39, 0.29) is 19.0 Å². The van der Waals surface area contributed by atoms with Crippen molar-refractivity contribution < 1.29 is 13.9 Å². The van der Waals surface area contributed by atoms with Crippen LogP contribution in [-0.4, -0.2) is 27.4 Å². The number of nitrogens with one attached hydrogen (secondary N) is 1. The molecule has 182 valence electrons. The van der Waals surface area contributed by atoms with Crippen LogP contribution in [0.25, 0.3) is 22.2 Å². The molecule has 0 fully saturated rings. The van der Waals surface area contributed by atoms with E-state index in [0.717, 1.165) is 26.9 Å². The van der Waals surface area contributed by atoms with Crippen molar-refractivity contribution in [2.45, 2.75) is 26.6 Å². The third-order valence-electron chi connectivity index (χ3n) is 6.10. The van der Waals surface area contributed by atoms with E-state index in [1.807, 2.05) is 54.0 Å². The molecule has 7 nitrogen and oxygen atoms in total. The quantitative estimate of drug-likeness (QED) is 0.377. The molecule has 3 aromatic carbocycles. The van der Waals surface area contributed by atoms with Gasteiger partial charge in [0.05, 0.1) is 18.2 Å². The van der Waals surface area contributed by atoms with Gasteiger partial charge in [-0.15, -0.1) is 0 Å². The number of ether oxygens (including phenoxy) is 1. The molecule has 36 heavy (non-hydrogen) atoms. The van der Waals surface area contributed by atoms with Gasteiger partial charge in [-0.3, -0.25) is 9.59 Å². The average Bonchev–Trinajstić information content (AvgIpc) is 3.18. The summed E-state index contributed by atoms with van der Waals surface area (Å²) in [5, 5.41) is 7.74. The Morgan fingerprint density at radius 3 is 2.67 bits per heavy atom. The summed E-state index contributed by atoms with van der Waals surface area (Å²) in [5.41, 5.74) is 4.11. The fraction of sp³-hybridized carbons (Fsp3) is 0.179. The standard InChI is InChI=1S/C28H25FN4O3/c1-18-5-3-7-20(11-18)15-32-16-24-27(23-13-21(29)9-10-25(23)32)31-33(28(24)35)17-26(34)30-14-19-6-4-8-22(12-19)36-2/h3-13,16H,14-15,17H2,1-2H3,(H,30,34). The Kier molecular flexibility index (Phi) is 6.25. The second-order valence-electron chi connectivity index (χ2n) is 8.76. The summed E-state index contributed by atoms with van der Waals surface area (Å²) < 4.78 is 22.5. The molecule has 0 saturated carbocycles. The Hall–Kier alpha value is -4.46. The first-order valence-electron chi connectivity index (χ1n) is 11.6. The summed E-state index contributed by atoms with van der Waals surface area (Å²) >= 11 is 0. The molecule has 0 spiro atoms. The smallest absolute Gasteiger partial charge is 0.278 e. The normalized spacial score (nSPS) is 11.2. The lowest BCUT2D eigenvalue weighted by Crippen LogP contribution is -2.31. The number of aromatic nitrogens is 3. The van der Waals surface area contributed by atoms with E-state index in [2.05, 4.69) is 16.5 Å². The van der Waals surface area contributed by atoms with Crippen LogP contribution in [0, 0.1) is 12.7 Å². The molecule has 0 radical (unpaired) electrons. The van der Waals surface area contributed by atoms with E-state index < -0.39 is 11.4 Å². The van der Waals surface area contributed by atoms with Crippen LogP contribution < -0.4 is 15.6 Å². The first-order valence-corrected chi connectivity index (χ1v) is 11.6. The van der Waals surface area contributed by atoms with E-state index in [1.54, 1.807) is 19.4 Å². The zero-order chi connectivity index (χ0) is 25.2. The highest BCUT2D eigenvalue weighted by molar-refractivity contribution is 5.93. The van der Waals surface area contributed by atoms with Crippen molar-refractivity contribution in [3.8, 4) is 17.0 Å². The molecule has 0 aromatic heterocycles. The minimum Gasteiger partial charge on any atom is -0.497 e. The highest BCUT2D eigenvalue weighted by Crippen LogP contribution is 2.28. The number of hydrogen-bond donors (Lipinski definition) is 1. The van der Waals surface area contributed by atoms with Gasteiger partial charge in [0.1, 0.15) is 23.8 Å². The Balaban J connectivity index is 1.46. The summed E-state index contributed by atoms with van der Waals surface area (Å²) in [6.07, 6.45) is 1.73. The molecule has 0 bridgehead atoms. The summed E-state index contributed by atoms with van der Waals surface area (Å²) in [6, 6.07) is 19.9. The number of fused-ring (bicyclic) bond motifs is 3. The number of benzene rings is 3. The minimum atomic E-state index is -0.421. The number of methoxy groups -OCH3 is 1. The van der Waals surface area contributed by atoms with Crippen LogP contribution in [0.5, 0.6) is 5.75 Å². The maximum Gasteiger partial charge on any atom is 0.278 e. The summed E-state index contributed by atoms with van der Waals surface area (Å²) in [5.74, 6) is -0.0824. The second-order valence-corrected chi connectivity index (χ2v) is 8.76. The van der Waals surface area contributed by atoms with E-state index in [1.165, 1.54) is 12.1 Å². The van der Waals surface area contributed by atoms with Crippen molar-refractivity contribution in [1.82, 2.24) is 19.7 Å². The highest BCUT2D eigenvalue weighted by Gasteiger charge is 2.22. The van der Waals surface area contributed by atoms with E-state index in [4.69, 9.17) is 4.74 Å². The van der Waals surface area contributed by atoms with E-state index in [0.29, 0.717) is 28.9 Å². The molecular formula is C28H25FN4O3. The van der Waals surface area contributed by atoms with Gasteiger partial charge in [-0.25, -0.2) is 9.07 Å². The summed E-state index contributed by atoms with van der Waals surface area (Å²) in [7, 11) is 1.58. The molecular weight excluding hydrogens is 459 g/mol. The molecule has 2 heterocycles. The average molecular weight is 485 g/mol. The molecule has 0 aliphatic carbocycles. The summed E-state index contributed by atoms with van der Waals surface area (Å²) in [4.78, 5) is 25.8. The number of aryl methyl sites for hydroxylation is 1. The molecule has 1 amide bonds. The van der Waals surface area contributed by atoms with Crippen LogP contribution in [0.1, 0.15) is 16.7 Å². The lowest BCUT2D eigenvalue weighted by molar-refractivity contribution is -0.122. The van der Waals surface area contributed by atoms with Crippen LogP contribution >= 0.6 is 0 Å². The predicted molar refractivity (Wildman–Crippen MR) is 136 cm³/mol. The molecule has 0 saturated heterocycles. The maximum atomic E-state index is 14.2. The Morgan fingerprint density at radius 2 is 1.86 bits per heavy atom. The fourth-order valence-corrected chi connectivity index (χ4v) is 4.37. The van der Waals surface area contributed by atoms with Crippen LogP contribution in [0.2, 0.25) is 0 Å². The fourth-order valence-electron chi connectivity index (χ4n) is 4.37. The molecule has 2 aliphatic heterocycles. The van der Waals surface area contributed by atoms with Gasteiger partial charge in [0, 0.05) is 24.7 Å². The number of hydrogen-bond acceptors (Lipinski definition) is 4. The Labute approximate surface area is 207 Å². The molecule has 5 rings (SSSR count). The molecule has 3 aromatic rings. The molecule has 1 N–H and O–H groups in total. The number of carbonyl (C=O) groups excluding carboxylic acids is 1. The SMILES string of the molecule is COc1cccc(CNC(=O)Cn2nc3c4cc(F)ccc4n(Cc4cccc(C)c4)cc-3c2=O)c1. The van der Waals surface area contributed by atoms with Crippen LogP contribution in [0.3, 0.4) is 0 Å². The third kappa shape index (κ3) is 4.70. The summed E-state index contributed by atoms with van der Waals surface area (Å²) in [6.45, 7) is 2.57. The predicted octanol–water partition coefficient (Wildman–Crippen LogP) is 4.12. The van der Waals surface area contributed by atoms with Gasteiger partial charge in [-0.05, 0) is 48.4 Å². The van der Waals surface area contributed by atoms with Crippen LogP contribution in [0.15, 0.2) is 77.7 Å². The molecule has 0 unspecified atom stereocenters. The lowest BCUT2D eigenvalue weighted by Gasteiger charge is -2.14. The number of amides is 1. The largest absolute Gasteiger partial charge is 0.497 e. The van der Waals surface area contributed by atoms with Crippen molar-refractivity contribution in [3.05, 3.63) is 106 Å². The van der Waals surface area contributed by atoms with Crippen molar-refractivity contribution in [2.75, 3.05) is 7.11 Å². The monoisotopic (exact) mass is 484 g/mol. The number of nitrogens with zero attached hydrogens (tertiary/aromatic N) is 3. The van der Waals surface area contributed by atoms with Crippen molar-refractivity contribution in [2.24, 2.45) is 0 Å². The van der Waals surface area contributed by atoms with Crippen LogP contribution in [0.4, 0.5) is 4.39 Å². The maximum absolute atomic E-state index is 14.2. The van der Waals surface area contributed by atoms with Gasteiger partial charge >= 0.3 is 0 Å². The van der Waals surface area contributed by atoms with Gasteiger partial charge in [0.2, 0.25) is 5.91 Å². The van der Waals surface area contributed by atoms with E-state index in [9.17, 15) is 14.0 Å². The number of halogens is 1. The first-order chi connectivity index (χ1) is 17.4. The third-order valence-corrected chi connectivity index (χ3v) is 6.10. The van der Waals surface area contributed by atoms with Crippen molar-refractivity contribution in [3.63, 3.8) is 0 Å². The van der Waals surface area contributed by atoms with Crippen LogP contribution in [-0.2, 0) is 24.4 Å². The van der Waals surface area contributed by atoms with Gasteiger partial charge in [-0.1, -0.05) is 42.0 Å². The minimum absolute atomic E-state index is 0.244. The van der Waals surface area contributed by atoms with Crippen molar-refractivity contribution >= 4 is 16.8 Å². The Bertz CT molecular complexity index is 1600. The first kappa shape index (κ1) is 23.3. The second kappa shape index (κ2) is 9.65. The van der Waals surface area contributed by atoms with Gasteiger partial charge < -0.3 is 14.6 Å². The topological polar surface area (TPSA) is 78.2 Å². The van der Waals surface area contributed by atoms with Crippen molar-refractivity contribution in [1.29, 1.82) is 0 Å². The van der Waals surface area contributed by atoms with Gasteiger partial charge in [0.25, 0.3) is 5.56 Å². The number of carbonyl (C=O) groups is 1. The lowest BCUT2D eigenvalue weighted by atomic mass is 10.1. The zero-order valence-corrected chi connectivity index (χ0v) is 20.0. The van der Waals surface area contributed by atoms with E-state index >= 15 is 0 Å². The molecule has 2 aliphatic rings. The zero-order valence-electron chi connectivity index (χ0n) is 20.0. The number of rotatable bonds is 7. The molecule has 8 heteroatoms.